The summed E-state index contributed by atoms with van der Waals surface area (Å²) in [6.07, 6.45) is 6.05. The molecule has 1 atom stereocenters. The third-order valence-corrected chi connectivity index (χ3v) is 5.18. The Balaban J connectivity index is 2.25. The van der Waals surface area contributed by atoms with Crippen LogP contribution in [0.2, 0.25) is 0 Å². The van der Waals surface area contributed by atoms with E-state index in [0.717, 1.165) is 29.6 Å². The molecular weight excluding hydrogens is 378 g/mol. The molecular formula is C21H34BrNO2. The summed E-state index contributed by atoms with van der Waals surface area (Å²) in [5.41, 5.74) is 1.28. The Bertz CT molecular complexity index is 517. The van der Waals surface area contributed by atoms with Gasteiger partial charge in [-0.3, -0.25) is 4.79 Å². The molecule has 0 bridgehead atoms. The number of halogens is 1. The molecule has 1 amide bonds. The first-order valence-electron chi connectivity index (χ1n) is 9.66. The van der Waals surface area contributed by atoms with Gasteiger partial charge in [-0.2, -0.15) is 0 Å². The van der Waals surface area contributed by atoms with E-state index in [9.17, 15) is 4.79 Å². The number of rotatable bonds is 12. The van der Waals surface area contributed by atoms with Crippen molar-refractivity contribution in [1.82, 2.24) is 5.32 Å². The van der Waals surface area contributed by atoms with E-state index in [1.807, 2.05) is 6.07 Å². The van der Waals surface area contributed by atoms with Gasteiger partial charge in [-0.1, -0.05) is 53.0 Å². The predicted octanol–water partition coefficient (Wildman–Crippen LogP) is 6.06. The average Bonchev–Trinajstić information content (AvgIpc) is 2.59. The van der Waals surface area contributed by atoms with E-state index in [-0.39, 0.29) is 5.91 Å². The van der Waals surface area contributed by atoms with Crippen LogP contribution in [0.3, 0.4) is 0 Å². The molecule has 0 saturated heterocycles. The molecule has 0 radical (unpaired) electrons. The summed E-state index contributed by atoms with van der Waals surface area (Å²) in [5, 5.41) is 3.07. The van der Waals surface area contributed by atoms with Crippen molar-refractivity contribution >= 4 is 21.8 Å². The molecule has 1 rings (SSSR count). The lowest BCUT2D eigenvalue weighted by Crippen LogP contribution is -2.29. The fourth-order valence-corrected chi connectivity index (χ4v) is 3.21. The number of carbonyl (C=O) groups is 1. The van der Waals surface area contributed by atoms with E-state index in [0.29, 0.717) is 24.9 Å². The topological polar surface area (TPSA) is 38.3 Å². The molecule has 0 aromatic heterocycles. The van der Waals surface area contributed by atoms with Crippen LogP contribution in [0.5, 0.6) is 5.75 Å². The van der Waals surface area contributed by atoms with Crippen molar-refractivity contribution in [2.24, 2.45) is 5.92 Å². The van der Waals surface area contributed by atoms with Crippen LogP contribution in [0, 0.1) is 5.92 Å². The van der Waals surface area contributed by atoms with Crippen molar-refractivity contribution in [1.29, 1.82) is 0 Å². The van der Waals surface area contributed by atoms with Crippen molar-refractivity contribution in [3.63, 3.8) is 0 Å². The first-order chi connectivity index (χ1) is 12.0. The standard InChI is InChI=1S/C21H34BrNO2/c1-5-7-9-17(6-2)15-23-21(24)10-8-13-25-20-12-11-18(16(3)4)14-19(20)22/h11-12,14,16-17H,5-10,13,15H2,1-4H3,(H,23,24). The van der Waals surface area contributed by atoms with Crippen molar-refractivity contribution in [3.8, 4) is 5.75 Å². The minimum atomic E-state index is 0.132. The van der Waals surface area contributed by atoms with Gasteiger partial charge in [0.25, 0.3) is 0 Å². The molecule has 0 aliphatic carbocycles. The molecule has 25 heavy (non-hydrogen) atoms. The minimum Gasteiger partial charge on any atom is -0.492 e. The third-order valence-electron chi connectivity index (χ3n) is 4.56. The highest BCUT2D eigenvalue weighted by atomic mass is 79.9. The van der Waals surface area contributed by atoms with Gasteiger partial charge in [-0.05, 0) is 58.3 Å². The Labute approximate surface area is 162 Å². The smallest absolute Gasteiger partial charge is 0.220 e. The quantitative estimate of drug-likeness (QED) is 0.424. The number of amides is 1. The Hall–Kier alpha value is -1.03. The highest BCUT2D eigenvalue weighted by molar-refractivity contribution is 9.10. The van der Waals surface area contributed by atoms with E-state index in [1.165, 1.54) is 24.8 Å². The van der Waals surface area contributed by atoms with Crippen LogP contribution in [-0.2, 0) is 4.79 Å². The van der Waals surface area contributed by atoms with Crippen LogP contribution in [0.15, 0.2) is 22.7 Å². The zero-order valence-electron chi connectivity index (χ0n) is 16.2. The summed E-state index contributed by atoms with van der Waals surface area (Å²) >= 11 is 3.56. The molecule has 0 spiro atoms. The summed E-state index contributed by atoms with van der Waals surface area (Å²) in [4.78, 5) is 12.0. The van der Waals surface area contributed by atoms with Gasteiger partial charge in [-0.25, -0.2) is 0 Å². The van der Waals surface area contributed by atoms with Crippen molar-refractivity contribution in [2.75, 3.05) is 13.2 Å². The van der Waals surface area contributed by atoms with Gasteiger partial charge in [0.15, 0.2) is 0 Å². The average molecular weight is 412 g/mol. The number of hydrogen-bond acceptors (Lipinski definition) is 2. The molecule has 0 fully saturated rings. The molecule has 0 aliphatic rings. The van der Waals surface area contributed by atoms with Gasteiger partial charge < -0.3 is 10.1 Å². The zero-order chi connectivity index (χ0) is 18.7. The third kappa shape index (κ3) is 8.75. The molecule has 1 N–H and O–H groups in total. The first kappa shape index (κ1) is 22.0. The van der Waals surface area contributed by atoms with Crippen LogP contribution in [0.25, 0.3) is 0 Å². The highest BCUT2D eigenvalue weighted by Crippen LogP contribution is 2.29. The number of unbranched alkanes of at least 4 members (excludes halogenated alkanes) is 1. The van der Waals surface area contributed by atoms with Crippen molar-refractivity contribution < 1.29 is 9.53 Å². The van der Waals surface area contributed by atoms with E-state index >= 15 is 0 Å². The summed E-state index contributed by atoms with van der Waals surface area (Å²) in [6, 6.07) is 6.20. The Morgan fingerprint density at radius 1 is 1.24 bits per heavy atom. The van der Waals surface area contributed by atoms with E-state index < -0.39 is 0 Å². The van der Waals surface area contributed by atoms with Gasteiger partial charge >= 0.3 is 0 Å². The summed E-state index contributed by atoms with van der Waals surface area (Å²) in [7, 11) is 0. The molecule has 1 aromatic rings. The largest absolute Gasteiger partial charge is 0.492 e. The second kappa shape index (κ2) is 12.3. The molecule has 142 valence electrons. The second-order valence-electron chi connectivity index (χ2n) is 7.02. The number of benzene rings is 1. The minimum absolute atomic E-state index is 0.132. The van der Waals surface area contributed by atoms with Crippen LogP contribution in [-0.4, -0.2) is 19.1 Å². The number of nitrogens with one attached hydrogen (secondary N) is 1. The normalized spacial score (nSPS) is 12.2. The van der Waals surface area contributed by atoms with Crippen LogP contribution in [0.1, 0.15) is 77.7 Å². The Morgan fingerprint density at radius 3 is 2.60 bits per heavy atom. The van der Waals surface area contributed by atoms with Gasteiger partial charge in [0, 0.05) is 13.0 Å². The van der Waals surface area contributed by atoms with Gasteiger partial charge in [0.1, 0.15) is 5.75 Å². The van der Waals surface area contributed by atoms with Crippen LogP contribution in [0.4, 0.5) is 0 Å². The van der Waals surface area contributed by atoms with E-state index in [2.05, 4.69) is 61.1 Å². The van der Waals surface area contributed by atoms with Crippen LogP contribution >= 0.6 is 15.9 Å². The SMILES string of the molecule is CCCCC(CC)CNC(=O)CCCOc1ccc(C(C)C)cc1Br. The highest BCUT2D eigenvalue weighted by Gasteiger charge is 2.09. The summed E-state index contributed by atoms with van der Waals surface area (Å²) < 4.78 is 6.77. The number of ether oxygens (including phenoxy) is 1. The lowest BCUT2D eigenvalue weighted by molar-refractivity contribution is -0.121. The fraction of sp³-hybridized carbons (Fsp3) is 0.667. The van der Waals surface area contributed by atoms with E-state index in [1.54, 1.807) is 0 Å². The van der Waals surface area contributed by atoms with Gasteiger partial charge in [0.05, 0.1) is 11.1 Å². The first-order valence-corrected chi connectivity index (χ1v) is 10.5. The maximum absolute atomic E-state index is 12.0. The van der Waals surface area contributed by atoms with Crippen LogP contribution < -0.4 is 10.1 Å². The lowest BCUT2D eigenvalue weighted by Gasteiger charge is -2.15. The maximum atomic E-state index is 12.0. The molecule has 0 aliphatic heterocycles. The predicted molar refractivity (Wildman–Crippen MR) is 109 cm³/mol. The number of hydrogen-bond donors (Lipinski definition) is 1. The Morgan fingerprint density at radius 2 is 2.00 bits per heavy atom. The van der Waals surface area contributed by atoms with Gasteiger partial charge in [0.2, 0.25) is 5.91 Å². The van der Waals surface area contributed by atoms with Crippen molar-refractivity contribution in [3.05, 3.63) is 28.2 Å². The maximum Gasteiger partial charge on any atom is 0.220 e. The van der Waals surface area contributed by atoms with Crippen molar-refractivity contribution in [2.45, 2.75) is 72.1 Å². The fourth-order valence-electron chi connectivity index (χ4n) is 2.70. The molecule has 1 aromatic carbocycles. The molecule has 1 unspecified atom stereocenters. The van der Waals surface area contributed by atoms with Gasteiger partial charge in [-0.15, -0.1) is 0 Å². The zero-order valence-corrected chi connectivity index (χ0v) is 17.8. The summed E-state index contributed by atoms with van der Waals surface area (Å²) in [6.45, 7) is 10.1. The molecule has 0 saturated carbocycles. The monoisotopic (exact) mass is 411 g/mol. The lowest BCUT2D eigenvalue weighted by atomic mass is 9.99. The summed E-state index contributed by atoms with van der Waals surface area (Å²) in [5.74, 6) is 2.08. The molecule has 0 heterocycles. The van der Waals surface area contributed by atoms with E-state index in [4.69, 9.17) is 4.74 Å². The molecule has 3 nitrogen and oxygen atoms in total. The molecule has 4 heteroatoms. The second-order valence-corrected chi connectivity index (χ2v) is 7.87. The Kier molecular flexibility index (Phi) is 10.9. The number of carbonyl (C=O) groups excluding carboxylic acids is 1.